The normalized spacial score (nSPS) is 11.8. The number of nitrogens with two attached hydrogens (primary N) is 2. The zero-order chi connectivity index (χ0) is 21.9. The lowest BCUT2D eigenvalue weighted by Gasteiger charge is -2.14. The summed E-state index contributed by atoms with van der Waals surface area (Å²) in [4.78, 5) is 38.0. The number of aliphatic imine (C=N–C) groups is 1. The van der Waals surface area contributed by atoms with Crippen molar-refractivity contribution < 1.29 is 24.0 Å². The summed E-state index contributed by atoms with van der Waals surface area (Å²) in [6, 6.07) is -1.06. The fourth-order valence-corrected chi connectivity index (χ4v) is 2.92. The predicted molar refractivity (Wildman–Crippen MR) is 109 cm³/mol. The molecule has 0 aliphatic rings. The van der Waals surface area contributed by atoms with Crippen LogP contribution in [-0.2, 0) is 16.1 Å². The second-order valence-corrected chi connectivity index (χ2v) is 6.87. The highest BCUT2D eigenvalue weighted by Crippen LogP contribution is 2.13. The summed E-state index contributed by atoms with van der Waals surface area (Å²) in [5.74, 6) is -1.20. The van der Waals surface area contributed by atoms with Crippen LogP contribution >= 0.6 is 11.6 Å². The van der Waals surface area contributed by atoms with Crippen molar-refractivity contribution in [3.05, 3.63) is 17.8 Å². The minimum absolute atomic E-state index is 0.0607. The van der Waals surface area contributed by atoms with Gasteiger partial charge in [-0.05, 0) is 32.1 Å². The molecule has 0 aromatic carbocycles. The summed E-state index contributed by atoms with van der Waals surface area (Å²) in [5, 5.41) is 11.9. The lowest BCUT2D eigenvalue weighted by Crippen LogP contribution is -2.41. The molecule has 2 aromatic heterocycles. The Hall–Kier alpha value is -3.15. The van der Waals surface area contributed by atoms with E-state index >= 15 is 0 Å². The minimum Gasteiger partial charge on any atom is -0.480 e. The molecule has 0 fully saturated rings. The first kappa shape index (κ1) is 23.1. The van der Waals surface area contributed by atoms with E-state index in [-0.39, 0.29) is 25.5 Å². The summed E-state index contributed by atoms with van der Waals surface area (Å²) < 4.78 is 7.00. The number of nitrogens with zero attached hydrogens (tertiary/aromatic N) is 4. The Morgan fingerprint density at radius 1 is 1.30 bits per heavy atom. The van der Waals surface area contributed by atoms with E-state index in [1.807, 2.05) is 4.57 Å². The number of ether oxygens (including phenoxy) is 1. The number of fused-ring (bicyclic) bond motifs is 1. The molecular weight excluding hydrogens is 416 g/mol. The summed E-state index contributed by atoms with van der Waals surface area (Å²) in [6.07, 6.45) is 5.34. The molecule has 0 aliphatic carbocycles. The van der Waals surface area contributed by atoms with Crippen molar-refractivity contribution in [1.82, 2.24) is 20.3 Å². The number of imidazole rings is 1. The number of guanidine groups is 1. The van der Waals surface area contributed by atoms with Crippen molar-refractivity contribution in [2.75, 3.05) is 13.2 Å². The van der Waals surface area contributed by atoms with E-state index in [1.54, 1.807) is 6.33 Å². The molecule has 164 valence electrons. The van der Waals surface area contributed by atoms with E-state index in [2.05, 4.69) is 25.3 Å². The van der Waals surface area contributed by atoms with Crippen LogP contribution in [0.1, 0.15) is 32.1 Å². The zero-order valence-electron chi connectivity index (χ0n) is 16.4. The lowest BCUT2D eigenvalue weighted by molar-refractivity contribution is -0.673. The number of H-pyrrole nitrogens is 1. The second-order valence-electron chi connectivity index (χ2n) is 6.51. The van der Waals surface area contributed by atoms with Crippen molar-refractivity contribution in [2.24, 2.45) is 16.5 Å². The van der Waals surface area contributed by atoms with E-state index in [4.69, 9.17) is 27.8 Å². The third kappa shape index (κ3) is 7.35. The maximum Gasteiger partial charge on any atom is 0.407 e. The Bertz CT molecular complexity index is 884. The molecule has 0 bridgehead atoms. The first-order chi connectivity index (χ1) is 14.4. The van der Waals surface area contributed by atoms with Crippen molar-refractivity contribution >= 4 is 40.8 Å². The van der Waals surface area contributed by atoms with Gasteiger partial charge in [0, 0.05) is 6.54 Å². The van der Waals surface area contributed by atoms with Gasteiger partial charge in [-0.15, -0.1) is 0 Å². The quantitative estimate of drug-likeness (QED) is 0.102. The number of carbonyl (C=O) groups excluding carboxylic acids is 1. The van der Waals surface area contributed by atoms with Crippen LogP contribution < -0.4 is 21.4 Å². The molecule has 2 rings (SSSR count). The Balaban J connectivity index is 1.63. The number of carboxylic acids is 1. The maximum absolute atomic E-state index is 11.8. The number of hydrogen-bond acceptors (Lipinski definition) is 6. The third-order valence-corrected chi connectivity index (χ3v) is 4.52. The van der Waals surface area contributed by atoms with Gasteiger partial charge in [0.2, 0.25) is 5.52 Å². The fraction of sp³-hybridized carbons (Fsp3) is 0.529. The molecule has 0 saturated heterocycles. The van der Waals surface area contributed by atoms with Gasteiger partial charge >= 0.3 is 17.7 Å². The number of nitrogens with one attached hydrogen (secondary N) is 2. The number of rotatable bonds is 12. The minimum atomic E-state index is -1.14. The van der Waals surface area contributed by atoms with Crippen LogP contribution in [-0.4, -0.2) is 57.3 Å². The average molecular weight is 442 g/mol. The third-order valence-electron chi connectivity index (χ3n) is 4.23. The number of carbonyl (C=O) groups is 2. The van der Waals surface area contributed by atoms with Crippen molar-refractivity contribution in [1.29, 1.82) is 0 Å². The number of halogens is 1. The first-order valence-corrected chi connectivity index (χ1v) is 9.84. The summed E-state index contributed by atoms with van der Waals surface area (Å²) >= 11 is 6.00. The summed E-state index contributed by atoms with van der Waals surface area (Å²) in [5.41, 5.74) is 11.8. The van der Waals surface area contributed by atoms with Gasteiger partial charge in [0.1, 0.15) is 6.04 Å². The number of aromatic amines is 1. The van der Waals surface area contributed by atoms with E-state index in [1.165, 1.54) is 6.33 Å². The number of aryl methyl sites for hydroxylation is 1. The van der Waals surface area contributed by atoms with Gasteiger partial charge < -0.3 is 26.6 Å². The Morgan fingerprint density at radius 3 is 2.83 bits per heavy atom. The first-order valence-electron chi connectivity index (χ1n) is 9.47. The fourth-order valence-electron chi connectivity index (χ4n) is 2.74. The number of unbranched alkanes of at least 4 members (excludes halogenated alkanes) is 2. The zero-order valence-corrected chi connectivity index (χ0v) is 17.1. The molecule has 0 spiro atoms. The Labute approximate surface area is 177 Å². The number of amides is 1. The van der Waals surface area contributed by atoms with E-state index in [0.29, 0.717) is 23.5 Å². The second kappa shape index (κ2) is 11.8. The number of alkyl carbamates (subject to hydrolysis) is 1. The van der Waals surface area contributed by atoms with Gasteiger partial charge in [0.05, 0.1) is 13.2 Å². The number of hydrogen-bond donors (Lipinski definition) is 5. The molecule has 2 aromatic rings. The Morgan fingerprint density at radius 2 is 2.10 bits per heavy atom. The smallest absolute Gasteiger partial charge is 0.407 e. The topological polar surface area (TPSA) is 185 Å². The monoisotopic (exact) mass is 441 g/mol. The van der Waals surface area contributed by atoms with Gasteiger partial charge in [-0.1, -0.05) is 16.6 Å². The van der Waals surface area contributed by atoms with E-state index in [0.717, 1.165) is 25.0 Å². The molecule has 0 radical (unpaired) electrons. The predicted octanol–water partition coefficient (Wildman–Crippen LogP) is 0.302. The van der Waals surface area contributed by atoms with Crippen LogP contribution in [0.3, 0.4) is 0 Å². The van der Waals surface area contributed by atoms with Crippen molar-refractivity contribution in [2.45, 2.75) is 44.7 Å². The maximum atomic E-state index is 11.8. The standard InChI is InChI=1S/C17H25ClN8O4/c18-13-12-14(23-9-22-13)26(10-24-12)7-2-1-3-8-30-17(29)25-11(15(27)28)5-4-6-21-16(19)20/h9-11H,1-8H2,(H6,19,20,21,25,27,28,29)/p+1/t11-/m0/s1. The molecule has 0 unspecified atom stereocenters. The lowest BCUT2D eigenvalue weighted by atomic mass is 10.1. The van der Waals surface area contributed by atoms with Gasteiger partial charge in [0.25, 0.3) is 0 Å². The molecule has 0 saturated carbocycles. The molecule has 7 N–H and O–H groups in total. The van der Waals surface area contributed by atoms with Gasteiger partial charge in [-0.3, -0.25) is 9.98 Å². The van der Waals surface area contributed by atoms with Crippen LogP contribution in [0.5, 0.6) is 0 Å². The SMILES string of the molecule is NC(N)=NCCC[C@H](NC(=O)OCCCCC[n+]1c[nH]c2c(Cl)ncnc21)C(=O)O. The Kier molecular flexibility index (Phi) is 9.06. The molecule has 12 nitrogen and oxygen atoms in total. The molecule has 30 heavy (non-hydrogen) atoms. The van der Waals surface area contributed by atoms with Gasteiger partial charge in [0.15, 0.2) is 23.8 Å². The van der Waals surface area contributed by atoms with Gasteiger partial charge in [-0.2, -0.15) is 0 Å². The van der Waals surface area contributed by atoms with Crippen LogP contribution in [0.4, 0.5) is 4.79 Å². The van der Waals surface area contributed by atoms with E-state index < -0.39 is 18.1 Å². The number of carboxylic acid groups (broad SMARTS) is 1. The molecule has 1 atom stereocenters. The van der Waals surface area contributed by atoms with Crippen LogP contribution in [0.25, 0.3) is 11.2 Å². The van der Waals surface area contributed by atoms with Crippen LogP contribution in [0, 0.1) is 0 Å². The summed E-state index contributed by atoms with van der Waals surface area (Å²) in [7, 11) is 0. The highest BCUT2D eigenvalue weighted by atomic mass is 35.5. The number of aliphatic carboxylic acids is 1. The average Bonchev–Trinajstić information content (AvgIpc) is 3.11. The molecular formula is C17H26ClN8O4+. The molecule has 13 heteroatoms. The van der Waals surface area contributed by atoms with Crippen LogP contribution in [0.2, 0.25) is 5.15 Å². The molecule has 1 amide bonds. The highest BCUT2D eigenvalue weighted by molar-refractivity contribution is 6.33. The van der Waals surface area contributed by atoms with Crippen molar-refractivity contribution in [3.8, 4) is 0 Å². The number of aromatic nitrogens is 4. The van der Waals surface area contributed by atoms with Gasteiger partial charge in [-0.25, -0.2) is 19.1 Å². The highest BCUT2D eigenvalue weighted by Gasteiger charge is 2.20. The van der Waals surface area contributed by atoms with E-state index in [9.17, 15) is 14.7 Å². The molecule has 0 aliphatic heterocycles. The van der Waals surface area contributed by atoms with Crippen LogP contribution in [0.15, 0.2) is 17.6 Å². The van der Waals surface area contributed by atoms with Crippen molar-refractivity contribution in [3.63, 3.8) is 0 Å². The summed E-state index contributed by atoms with van der Waals surface area (Å²) in [6.45, 7) is 1.20. The largest absolute Gasteiger partial charge is 0.480 e. The molecule has 2 heterocycles.